The van der Waals surface area contributed by atoms with Crippen molar-refractivity contribution < 1.29 is 15.0 Å². The predicted octanol–water partition coefficient (Wildman–Crippen LogP) is 0.212. The zero-order chi connectivity index (χ0) is 9.61. The van der Waals surface area contributed by atoms with Crippen molar-refractivity contribution >= 4 is 5.97 Å². The molecular formula is C8H17NO3. The molecule has 0 aliphatic rings. The molecule has 0 spiro atoms. The van der Waals surface area contributed by atoms with E-state index >= 15 is 0 Å². The number of carbonyl (C=O) groups is 1. The number of rotatable bonds is 6. The van der Waals surface area contributed by atoms with Crippen LogP contribution in [0, 0.1) is 0 Å². The number of aliphatic hydroxyl groups is 1. The Balaban J connectivity index is 3.53. The van der Waals surface area contributed by atoms with Crippen molar-refractivity contribution in [2.24, 2.45) is 0 Å². The van der Waals surface area contributed by atoms with E-state index in [0.29, 0.717) is 13.0 Å². The SMILES string of the molecule is CCCC(C)(O)CNCC(=O)O. The quantitative estimate of drug-likeness (QED) is 0.540. The third-order valence-corrected chi connectivity index (χ3v) is 1.57. The van der Waals surface area contributed by atoms with Crippen LogP contribution in [0.4, 0.5) is 0 Å². The Kier molecular flexibility index (Phi) is 4.85. The van der Waals surface area contributed by atoms with Gasteiger partial charge in [0.15, 0.2) is 0 Å². The normalized spacial score (nSPS) is 15.6. The van der Waals surface area contributed by atoms with Gasteiger partial charge in [-0.3, -0.25) is 4.79 Å². The van der Waals surface area contributed by atoms with Gasteiger partial charge in [0.1, 0.15) is 0 Å². The molecule has 0 saturated carbocycles. The maximum atomic E-state index is 10.1. The summed E-state index contributed by atoms with van der Waals surface area (Å²) >= 11 is 0. The summed E-state index contributed by atoms with van der Waals surface area (Å²) in [6.45, 7) is 3.91. The Morgan fingerprint density at radius 2 is 2.17 bits per heavy atom. The largest absolute Gasteiger partial charge is 0.480 e. The van der Waals surface area contributed by atoms with Crippen LogP contribution in [0.5, 0.6) is 0 Å². The summed E-state index contributed by atoms with van der Waals surface area (Å²) in [5.74, 6) is -0.901. The first-order valence-corrected chi connectivity index (χ1v) is 4.13. The third kappa shape index (κ3) is 6.12. The molecule has 0 aromatic rings. The lowest BCUT2D eigenvalue weighted by Crippen LogP contribution is -2.39. The fourth-order valence-electron chi connectivity index (χ4n) is 1.07. The predicted molar refractivity (Wildman–Crippen MR) is 46.0 cm³/mol. The molecule has 0 aliphatic carbocycles. The summed E-state index contributed by atoms with van der Waals surface area (Å²) in [5, 5.41) is 20.5. The molecule has 1 unspecified atom stereocenters. The molecule has 3 N–H and O–H groups in total. The summed E-state index contributed by atoms with van der Waals surface area (Å²) in [6.07, 6.45) is 1.57. The van der Waals surface area contributed by atoms with Crippen LogP contribution in [0.1, 0.15) is 26.7 Å². The van der Waals surface area contributed by atoms with Gasteiger partial charge in [0.25, 0.3) is 0 Å². The first-order chi connectivity index (χ1) is 5.48. The van der Waals surface area contributed by atoms with Crippen molar-refractivity contribution in [2.75, 3.05) is 13.1 Å². The van der Waals surface area contributed by atoms with Gasteiger partial charge < -0.3 is 15.5 Å². The minimum absolute atomic E-state index is 0.0974. The standard InChI is InChI=1S/C8H17NO3/c1-3-4-8(2,12)6-9-5-7(10)11/h9,12H,3-6H2,1-2H3,(H,10,11). The molecule has 0 rings (SSSR count). The van der Waals surface area contributed by atoms with Crippen molar-refractivity contribution in [3.63, 3.8) is 0 Å². The van der Waals surface area contributed by atoms with Crippen LogP contribution in [0.15, 0.2) is 0 Å². The Bertz CT molecular complexity index is 145. The fraction of sp³-hybridized carbons (Fsp3) is 0.875. The maximum Gasteiger partial charge on any atom is 0.317 e. The minimum Gasteiger partial charge on any atom is -0.480 e. The zero-order valence-corrected chi connectivity index (χ0v) is 7.63. The molecule has 0 heterocycles. The summed E-state index contributed by atoms with van der Waals surface area (Å²) in [5.41, 5.74) is -0.788. The second-order valence-electron chi connectivity index (χ2n) is 3.24. The lowest BCUT2D eigenvalue weighted by Gasteiger charge is -2.22. The van der Waals surface area contributed by atoms with Gasteiger partial charge in [-0.2, -0.15) is 0 Å². The van der Waals surface area contributed by atoms with Gasteiger partial charge in [-0.25, -0.2) is 0 Å². The van der Waals surface area contributed by atoms with E-state index in [-0.39, 0.29) is 6.54 Å². The van der Waals surface area contributed by atoms with E-state index in [1.807, 2.05) is 6.92 Å². The van der Waals surface area contributed by atoms with Crippen molar-refractivity contribution in [3.05, 3.63) is 0 Å². The third-order valence-electron chi connectivity index (χ3n) is 1.57. The van der Waals surface area contributed by atoms with Gasteiger partial charge in [0.2, 0.25) is 0 Å². The molecule has 0 bridgehead atoms. The first-order valence-electron chi connectivity index (χ1n) is 4.13. The molecule has 0 radical (unpaired) electrons. The van der Waals surface area contributed by atoms with E-state index in [1.165, 1.54) is 0 Å². The van der Waals surface area contributed by atoms with Crippen molar-refractivity contribution in [1.29, 1.82) is 0 Å². The molecule has 4 heteroatoms. The Labute approximate surface area is 72.6 Å². The second-order valence-corrected chi connectivity index (χ2v) is 3.24. The van der Waals surface area contributed by atoms with E-state index < -0.39 is 11.6 Å². The topological polar surface area (TPSA) is 69.6 Å². The van der Waals surface area contributed by atoms with Crippen LogP contribution in [-0.4, -0.2) is 34.9 Å². The van der Waals surface area contributed by atoms with E-state index in [4.69, 9.17) is 5.11 Å². The van der Waals surface area contributed by atoms with Crippen molar-refractivity contribution in [3.8, 4) is 0 Å². The highest BCUT2D eigenvalue weighted by atomic mass is 16.4. The molecule has 0 aromatic carbocycles. The number of aliphatic carboxylic acids is 1. The summed E-state index contributed by atoms with van der Waals surface area (Å²) in [7, 11) is 0. The number of hydrogen-bond donors (Lipinski definition) is 3. The van der Waals surface area contributed by atoms with Gasteiger partial charge in [0, 0.05) is 6.54 Å². The summed E-state index contributed by atoms with van der Waals surface area (Å²) < 4.78 is 0. The van der Waals surface area contributed by atoms with Gasteiger partial charge >= 0.3 is 5.97 Å². The summed E-state index contributed by atoms with van der Waals surface area (Å²) in [6, 6.07) is 0. The highest BCUT2D eigenvalue weighted by molar-refractivity contribution is 5.68. The lowest BCUT2D eigenvalue weighted by molar-refractivity contribution is -0.136. The van der Waals surface area contributed by atoms with Crippen LogP contribution < -0.4 is 5.32 Å². The van der Waals surface area contributed by atoms with Crippen LogP contribution in [-0.2, 0) is 4.79 Å². The molecule has 0 fully saturated rings. The average Bonchev–Trinajstić information content (AvgIpc) is 1.85. The number of nitrogens with one attached hydrogen (secondary N) is 1. The Morgan fingerprint density at radius 3 is 2.58 bits per heavy atom. The highest BCUT2D eigenvalue weighted by Crippen LogP contribution is 2.09. The number of hydrogen-bond acceptors (Lipinski definition) is 3. The smallest absolute Gasteiger partial charge is 0.317 e. The Morgan fingerprint density at radius 1 is 1.58 bits per heavy atom. The molecule has 0 saturated heterocycles. The monoisotopic (exact) mass is 175 g/mol. The van der Waals surface area contributed by atoms with Crippen LogP contribution in [0.25, 0.3) is 0 Å². The Hall–Kier alpha value is -0.610. The van der Waals surface area contributed by atoms with Crippen LogP contribution in [0.3, 0.4) is 0 Å². The number of carboxylic acids is 1. The average molecular weight is 175 g/mol. The van der Waals surface area contributed by atoms with Crippen molar-refractivity contribution in [2.45, 2.75) is 32.3 Å². The van der Waals surface area contributed by atoms with E-state index in [1.54, 1.807) is 6.92 Å². The fourth-order valence-corrected chi connectivity index (χ4v) is 1.07. The zero-order valence-electron chi connectivity index (χ0n) is 7.63. The first kappa shape index (κ1) is 11.4. The van der Waals surface area contributed by atoms with Gasteiger partial charge in [0.05, 0.1) is 12.1 Å². The second kappa shape index (κ2) is 5.11. The molecule has 1 atom stereocenters. The molecule has 0 aliphatic heterocycles. The van der Waals surface area contributed by atoms with E-state index in [0.717, 1.165) is 6.42 Å². The highest BCUT2D eigenvalue weighted by Gasteiger charge is 2.18. The van der Waals surface area contributed by atoms with Crippen LogP contribution >= 0.6 is 0 Å². The molecule has 0 amide bonds. The minimum atomic E-state index is -0.901. The molecule has 72 valence electrons. The molecule has 4 nitrogen and oxygen atoms in total. The number of carboxylic acid groups (broad SMARTS) is 1. The maximum absolute atomic E-state index is 10.1. The lowest BCUT2D eigenvalue weighted by atomic mass is 10.0. The van der Waals surface area contributed by atoms with Crippen LogP contribution in [0.2, 0.25) is 0 Å². The van der Waals surface area contributed by atoms with Gasteiger partial charge in [-0.1, -0.05) is 13.3 Å². The molecular weight excluding hydrogens is 158 g/mol. The van der Waals surface area contributed by atoms with E-state index in [2.05, 4.69) is 5.32 Å². The van der Waals surface area contributed by atoms with Gasteiger partial charge in [-0.15, -0.1) is 0 Å². The van der Waals surface area contributed by atoms with Gasteiger partial charge in [-0.05, 0) is 13.3 Å². The van der Waals surface area contributed by atoms with Crippen molar-refractivity contribution in [1.82, 2.24) is 5.32 Å². The van der Waals surface area contributed by atoms with E-state index in [9.17, 15) is 9.90 Å². The molecule has 0 aromatic heterocycles. The summed E-state index contributed by atoms with van der Waals surface area (Å²) in [4.78, 5) is 10.1. The molecule has 12 heavy (non-hydrogen) atoms.